The Labute approximate surface area is 136 Å². The summed E-state index contributed by atoms with van der Waals surface area (Å²) in [5.41, 5.74) is 1.46. The summed E-state index contributed by atoms with van der Waals surface area (Å²) in [4.78, 5) is 16.9. The highest BCUT2D eigenvalue weighted by atomic mass is 16.5. The topological polar surface area (TPSA) is 58.9 Å². The molecule has 4 heteroatoms. The first-order valence-electron chi connectivity index (χ1n) is 8.30. The minimum Gasteiger partial charge on any atom is -0.511 e. The average Bonchev–Trinajstić information content (AvgIpc) is 3.07. The predicted molar refractivity (Wildman–Crippen MR) is 90.4 cm³/mol. The van der Waals surface area contributed by atoms with Gasteiger partial charge in [0.05, 0.1) is 12.7 Å². The third-order valence-corrected chi connectivity index (χ3v) is 4.81. The molecule has 2 aliphatic rings. The Hall–Kier alpha value is -2.10. The van der Waals surface area contributed by atoms with E-state index in [2.05, 4.69) is 4.99 Å². The molecule has 0 amide bonds. The standard InChI is InChI=1S/C19H23NO3/c1-23-16-8-6-13(7-9-16)14-10-18(21)17(19(22)11-14)12-20-15-4-2-3-5-15/h6-9,12,14-15,21H,2-5,10-11H2,1H3. The number of aliphatic imine (C=N–C) groups is 1. The highest BCUT2D eigenvalue weighted by molar-refractivity contribution is 6.14. The zero-order valence-corrected chi connectivity index (χ0v) is 13.5. The number of methoxy groups -OCH3 is 1. The van der Waals surface area contributed by atoms with E-state index >= 15 is 0 Å². The van der Waals surface area contributed by atoms with Crippen molar-refractivity contribution in [1.82, 2.24) is 0 Å². The molecule has 0 saturated heterocycles. The fourth-order valence-corrected chi connectivity index (χ4v) is 3.40. The van der Waals surface area contributed by atoms with Gasteiger partial charge in [-0.05, 0) is 36.5 Å². The lowest BCUT2D eigenvalue weighted by Crippen LogP contribution is -2.19. The molecule has 1 aromatic rings. The number of Topliss-reactive ketones (excluding diaryl/α,β-unsaturated/α-hetero) is 1. The first-order chi connectivity index (χ1) is 11.2. The highest BCUT2D eigenvalue weighted by Crippen LogP contribution is 2.34. The Morgan fingerprint density at radius 3 is 2.48 bits per heavy atom. The zero-order chi connectivity index (χ0) is 16.2. The normalized spacial score (nSPS) is 23.0. The van der Waals surface area contributed by atoms with Crippen molar-refractivity contribution >= 4 is 12.0 Å². The van der Waals surface area contributed by atoms with Crippen LogP contribution in [0.15, 0.2) is 40.6 Å². The van der Waals surface area contributed by atoms with Crippen LogP contribution < -0.4 is 4.74 Å². The monoisotopic (exact) mass is 313 g/mol. The quantitative estimate of drug-likeness (QED) is 0.856. The molecule has 0 bridgehead atoms. The average molecular weight is 313 g/mol. The third-order valence-electron chi connectivity index (χ3n) is 4.81. The maximum Gasteiger partial charge on any atom is 0.168 e. The Bertz CT molecular complexity index is 625. The van der Waals surface area contributed by atoms with Crippen molar-refractivity contribution in [3.8, 4) is 5.75 Å². The number of aliphatic hydroxyl groups is 1. The van der Waals surface area contributed by atoms with Crippen LogP contribution >= 0.6 is 0 Å². The van der Waals surface area contributed by atoms with Gasteiger partial charge >= 0.3 is 0 Å². The molecule has 1 N–H and O–H groups in total. The molecular weight excluding hydrogens is 290 g/mol. The van der Waals surface area contributed by atoms with Gasteiger partial charge in [0, 0.05) is 25.1 Å². The van der Waals surface area contributed by atoms with Crippen LogP contribution in [0, 0.1) is 0 Å². The van der Waals surface area contributed by atoms with Crippen molar-refractivity contribution < 1.29 is 14.6 Å². The van der Waals surface area contributed by atoms with E-state index in [1.165, 1.54) is 12.8 Å². The lowest BCUT2D eigenvalue weighted by atomic mass is 9.83. The molecule has 2 aliphatic carbocycles. The molecule has 0 heterocycles. The van der Waals surface area contributed by atoms with Gasteiger partial charge in [0.25, 0.3) is 0 Å². The minimum atomic E-state index is -0.0173. The highest BCUT2D eigenvalue weighted by Gasteiger charge is 2.28. The lowest BCUT2D eigenvalue weighted by Gasteiger charge is -2.22. The van der Waals surface area contributed by atoms with E-state index in [0.717, 1.165) is 24.2 Å². The van der Waals surface area contributed by atoms with Crippen LogP contribution in [0.2, 0.25) is 0 Å². The van der Waals surface area contributed by atoms with E-state index in [1.807, 2.05) is 24.3 Å². The van der Waals surface area contributed by atoms with Crippen molar-refractivity contribution in [1.29, 1.82) is 0 Å². The number of ether oxygens (including phenoxy) is 1. The molecule has 0 radical (unpaired) electrons. The number of rotatable bonds is 4. The van der Waals surface area contributed by atoms with Crippen LogP contribution in [0.1, 0.15) is 50.0 Å². The van der Waals surface area contributed by atoms with Gasteiger partial charge in [-0.15, -0.1) is 0 Å². The summed E-state index contributed by atoms with van der Waals surface area (Å²) in [5.74, 6) is 0.970. The van der Waals surface area contributed by atoms with E-state index in [1.54, 1.807) is 13.3 Å². The van der Waals surface area contributed by atoms with Crippen molar-refractivity contribution in [2.45, 2.75) is 50.5 Å². The molecule has 23 heavy (non-hydrogen) atoms. The first kappa shape index (κ1) is 15.8. The van der Waals surface area contributed by atoms with Gasteiger partial charge in [0.15, 0.2) is 5.78 Å². The second kappa shape index (κ2) is 6.99. The van der Waals surface area contributed by atoms with Gasteiger partial charge < -0.3 is 9.84 Å². The van der Waals surface area contributed by atoms with Crippen molar-refractivity contribution in [2.75, 3.05) is 7.11 Å². The smallest absolute Gasteiger partial charge is 0.168 e. The Kier molecular flexibility index (Phi) is 4.79. The van der Waals surface area contributed by atoms with Crippen LogP contribution in [-0.4, -0.2) is 30.3 Å². The van der Waals surface area contributed by atoms with Gasteiger partial charge in [-0.3, -0.25) is 9.79 Å². The molecule has 1 atom stereocenters. The maximum atomic E-state index is 12.4. The number of hydrogen-bond donors (Lipinski definition) is 1. The van der Waals surface area contributed by atoms with Crippen molar-refractivity contribution in [3.63, 3.8) is 0 Å². The number of benzene rings is 1. The SMILES string of the molecule is COc1ccc(C2CC(=O)C(C=NC3CCCC3)=C(O)C2)cc1. The summed E-state index contributed by atoms with van der Waals surface area (Å²) in [7, 11) is 1.63. The van der Waals surface area contributed by atoms with Gasteiger partial charge in [-0.1, -0.05) is 25.0 Å². The van der Waals surface area contributed by atoms with Crippen molar-refractivity contribution in [3.05, 3.63) is 41.2 Å². The molecule has 122 valence electrons. The van der Waals surface area contributed by atoms with E-state index in [-0.39, 0.29) is 17.5 Å². The molecule has 0 spiro atoms. The number of hydrogen-bond acceptors (Lipinski definition) is 4. The van der Waals surface area contributed by atoms with Gasteiger partial charge in [-0.2, -0.15) is 0 Å². The molecule has 1 fully saturated rings. The first-order valence-corrected chi connectivity index (χ1v) is 8.30. The lowest BCUT2D eigenvalue weighted by molar-refractivity contribution is -0.116. The molecular formula is C19H23NO3. The van der Waals surface area contributed by atoms with E-state index in [4.69, 9.17) is 4.74 Å². The second-order valence-corrected chi connectivity index (χ2v) is 6.38. The summed E-state index contributed by atoms with van der Waals surface area (Å²) in [6.07, 6.45) is 7.12. The molecule has 3 rings (SSSR count). The van der Waals surface area contributed by atoms with Crippen LogP contribution in [-0.2, 0) is 4.79 Å². The molecule has 1 saturated carbocycles. The van der Waals surface area contributed by atoms with Gasteiger partial charge in [0.2, 0.25) is 0 Å². The van der Waals surface area contributed by atoms with E-state index in [0.29, 0.717) is 24.5 Å². The fourth-order valence-electron chi connectivity index (χ4n) is 3.40. The van der Waals surface area contributed by atoms with Gasteiger partial charge in [0.1, 0.15) is 11.5 Å². The summed E-state index contributed by atoms with van der Waals surface area (Å²) in [5, 5.41) is 10.3. The van der Waals surface area contributed by atoms with E-state index in [9.17, 15) is 9.90 Å². The Balaban J connectivity index is 1.73. The van der Waals surface area contributed by atoms with Crippen LogP contribution in [0.25, 0.3) is 0 Å². The fraction of sp³-hybridized carbons (Fsp3) is 0.474. The molecule has 0 aromatic heterocycles. The maximum absolute atomic E-state index is 12.4. The largest absolute Gasteiger partial charge is 0.511 e. The molecule has 0 aliphatic heterocycles. The van der Waals surface area contributed by atoms with E-state index < -0.39 is 0 Å². The van der Waals surface area contributed by atoms with Crippen LogP contribution in [0.3, 0.4) is 0 Å². The predicted octanol–water partition coefficient (Wildman–Crippen LogP) is 3.97. The number of allylic oxidation sites excluding steroid dienone is 2. The summed E-state index contributed by atoms with van der Waals surface area (Å²) in [6.45, 7) is 0. The minimum absolute atomic E-state index is 0.0173. The summed E-state index contributed by atoms with van der Waals surface area (Å²) >= 11 is 0. The summed E-state index contributed by atoms with van der Waals surface area (Å²) < 4.78 is 5.15. The molecule has 1 aromatic carbocycles. The third kappa shape index (κ3) is 3.63. The number of nitrogens with zero attached hydrogens (tertiary/aromatic N) is 1. The zero-order valence-electron chi connectivity index (χ0n) is 13.5. The second-order valence-electron chi connectivity index (χ2n) is 6.38. The number of carbonyl (C=O) groups excluding carboxylic acids is 1. The Morgan fingerprint density at radius 1 is 1.17 bits per heavy atom. The number of ketones is 1. The summed E-state index contributed by atoms with van der Waals surface area (Å²) in [6, 6.07) is 8.01. The van der Waals surface area contributed by atoms with Crippen LogP contribution in [0.5, 0.6) is 5.75 Å². The van der Waals surface area contributed by atoms with Gasteiger partial charge in [-0.25, -0.2) is 0 Å². The van der Waals surface area contributed by atoms with Crippen LogP contribution in [0.4, 0.5) is 0 Å². The molecule has 1 unspecified atom stereocenters. The molecule has 4 nitrogen and oxygen atoms in total. The number of carbonyl (C=O) groups is 1. The Morgan fingerprint density at radius 2 is 1.87 bits per heavy atom. The van der Waals surface area contributed by atoms with Crippen molar-refractivity contribution in [2.24, 2.45) is 4.99 Å². The number of aliphatic hydroxyl groups excluding tert-OH is 1.